The Kier molecular flexibility index (Phi) is 6.56. The molecule has 3 amide bonds. The molecular weight excluding hydrogens is 242 g/mol. The van der Waals surface area contributed by atoms with Crippen molar-refractivity contribution in [2.75, 3.05) is 20.1 Å². The molecule has 1 fully saturated rings. The van der Waals surface area contributed by atoms with Crippen LogP contribution in [0.25, 0.3) is 0 Å². The van der Waals surface area contributed by atoms with Gasteiger partial charge in [0.15, 0.2) is 0 Å². The highest BCUT2D eigenvalue weighted by Gasteiger charge is 2.23. The van der Waals surface area contributed by atoms with Crippen LogP contribution in [0.4, 0.5) is 4.79 Å². The Hall–Kier alpha value is -1.36. The summed E-state index contributed by atoms with van der Waals surface area (Å²) in [6.45, 7) is 6.38. The van der Waals surface area contributed by atoms with Crippen LogP contribution < -0.4 is 10.6 Å². The minimum absolute atomic E-state index is 0.261. The average Bonchev–Trinajstić information content (AvgIpc) is 2.36. The second kappa shape index (κ2) is 7.94. The normalized spacial score (nSPS) is 22.9. The zero-order valence-electron chi connectivity index (χ0n) is 11.9. The van der Waals surface area contributed by atoms with Crippen molar-refractivity contribution in [2.24, 2.45) is 5.92 Å². The molecule has 0 spiro atoms. The molecule has 0 atom stereocenters. The van der Waals surface area contributed by atoms with E-state index in [-0.39, 0.29) is 12.5 Å². The van der Waals surface area contributed by atoms with Gasteiger partial charge in [0.05, 0.1) is 6.54 Å². The van der Waals surface area contributed by atoms with Gasteiger partial charge in [0, 0.05) is 12.6 Å². The van der Waals surface area contributed by atoms with Gasteiger partial charge in [-0.1, -0.05) is 13.0 Å². The molecule has 0 aliphatic heterocycles. The minimum atomic E-state index is -0.462. The summed E-state index contributed by atoms with van der Waals surface area (Å²) in [7, 11) is 1.95. The van der Waals surface area contributed by atoms with E-state index in [2.05, 4.69) is 24.1 Å². The molecule has 0 bridgehead atoms. The maximum atomic E-state index is 11.7. The molecule has 0 unspecified atom stereocenters. The zero-order valence-corrected chi connectivity index (χ0v) is 11.9. The molecule has 0 radical (unpaired) electrons. The van der Waals surface area contributed by atoms with E-state index in [0.29, 0.717) is 12.6 Å². The summed E-state index contributed by atoms with van der Waals surface area (Å²) in [4.78, 5) is 25.0. The van der Waals surface area contributed by atoms with Gasteiger partial charge in [-0.3, -0.25) is 15.0 Å². The second-order valence-electron chi connectivity index (χ2n) is 5.38. The van der Waals surface area contributed by atoms with E-state index < -0.39 is 6.03 Å². The molecule has 1 saturated carbocycles. The molecule has 1 aliphatic rings. The fraction of sp³-hybridized carbons (Fsp3) is 0.714. The monoisotopic (exact) mass is 267 g/mol. The Morgan fingerprint density at radius 1 is 1.32 bits per heavy atom. The van der Waals surface area contributed by atoms with Gasteiger partial charge in [-0.05, 0) is 38.6 Å². The van der Waals surface area contributed by atoms with Gasteiger partial charge in [0.2, 0.25) is 5.91 Å². The highest BCUT2D eigenvalue weighted by Crippen LogP contribution is 2.26. The molecule has 0 aromatic rings. The predicted molar refractivity (Wildman–Crippen MR) is 75.8 cm³/mol. The number of imide groups is 1. The number of urea groups is 1. The maximum Gasteiger partial charge on any atom is 0.321 e. The summed E-state index contributed by atoms with van der Waals surface area (Å²) in [5, 5.41) is 4.83. The first-order valence-corrected chi connectivity index (χ1v) is 6.91. The van der Waals surface area contributed by atoms with Crippen LogP contribution in [0, 0.1) is 5.92 Å². The Morgan fingerprint density at radius 2 is 1.95 bits per heavy atom. The van der Waals surface area contributed by atoms with Crippen molar-refractivity contribution in [3.05, 3.63) is 12.7 Å². The van der Waals surface area contributed by atoms with Gasteiger partial charge in [-0.15, -0.1) is 6.58 Å². The van der Waals surface area contributed by atoms with E-state index in [0.717, 1.165) is 18.8 Å². The van der Waals surface area contributed by atoms with Crippen molar-refractivity contribution in [2.45, 2.75) is 38.6 Å². The Morgan fingerprint density at radius 3 is 2.53 bits per heavy atom. The molecule has 2 N–H and O–H groups in total. The van der Waals surface area contributed by atoms with Crippen LogP contribution in [-0.4, -0.2) is 43.0 Å². The summed E-state index contributed by atoms with van der Waals surface area (Å²) in [6, 6.07) is -0.00578. The van der Waals surface area contributed by atoms with Crippen molar-refractivity contribution in [3.63, 3.8) is 0 Å². The van der Waals surface area contributed by atoms with Crippen LogP contribution in [-0.2, 0) is 4.79 Å². The van der Waals surface area contributed by atoms with Crippen LogP contribution in [0.2, 0.25) is 0 Å². The lowest BCUT2D eigenvalue weighted by atomic mass is 9.87. The summed E-state index contributed by atoms with van der Waals surface area (Å²) < 4.78 is 0. The van der Waals surface area contributed by atoms with Crippen molar-refractivity contribution < 1.29 is 9.59 Å². The predicted octanol–water partition coefficient (Wildman–Crippen LogP) is 1.51. The quantitative estimate of drug-likeness (QED) is 0.742. The van der Waals surface area contributed by atoms with Crippen molar-refractivity contribution >= 4 is 11.9 Å². The van der Waals surface area contributed by atoms with Gasteiger partial charge >= 0.3 is 6.03 Å². The number of likely N-dealkylation sites (N-methyl/N-ethyl adjacent to an activating group) is 1. The van der Waals surface area contributed by atoms with Gasteiger partial charge < -0.3 is 5.32 Å². The van der Waals surface area contributed by atoms with Crippen LogP contribution >= 0.6 is 0 Å². The van der Waals surface area contributed by atoms with Crippen molar-refractivity contribution in [3.8, 4) is 0 Å². The zero-order chi connectivity index (χ0) is 14.3. The standard InChI is InChI=1S/C14H25N3O2/c1-4-9-15-14(19)16-13(18)10-17(3)12-7-5-11(2)6-8-12/h4,11-12H,1,5-10H2,2-3H3,(H2,15,16,18,19). The molecule has 0 saturated heterocycles. The first-order valence-electron chi connectivity index (χ1n) is 6.91. The molecular formula is C14H25N3O2. The summed E-state index contributed by atoms with van der Waals surface area (Å²) in [5.41, 5.74) is 0. The van der Waals surface area contributed by atoms with E-state index >= 15 is 0 Å². The molecule has 5 heteroatoms. The Balaban J connectivity index is 2.27. The average molecular weight is 267 g/mol. The van der Waals surface area contributed by atoms with Crippen molar-refractivity contribution in [1.82, 2.24) is 15.5 Å². The molecule has 0 aromatic heterocycles. The van der Waals surface area contributed by atoms with E-state index in [9.17, 15) is 9.59 Å². The van der Waals surface area contributed by atoms with E-state index in [4.69, 9.17) is 0 Å². The van der Waals surface area contributed by atoms with Crippen LogP contribution in [0.5, 0.6) is 0 Å². The molecule has 1 aliphatic carbocycles. The van der Waals surface area contributed by atoms with Gasteiger partial charge in [-0.25, -0.2) is 4.79 Å². The number of nitrogens with zero attached hydrogens (tertiary/aromatic N) is 1. The van der Waals surface area contributed by atoms with Crippen LogP contribution in [0.1, 0.15) is 32.6 Å². The molecule has 5 nitrogen and oxygen atoms in total. The number of rotatable bonds is 5. The Labute approximate surface area is 115 Å². The van der Waals surface area contributed by atoms with Crippen LogP contribution in [0.15, 0.2) is 12.7 Å². The number of carbonyl (C=O) groups excluding carboxylic acids is 2. The fourth-order valence-electron chi connectivity index (χ4n) is 2.41. The first kappa shape index (κ1) is 15.7. The molecule has 1 rings (SSSR count). The summed E-state index contributed by atoms with van der Waals surface area (Å²) in [5.74, 6) is 0.533. The lowest BCUT2D eigenvalue weighted by Crippen LogP contribution is -2.46. The highest BCUT2D eigenvalue weighted by molar-refractivity contribution is 5.95. The first-order chi connectivity index (χ1) is 9.02. The number of hydrogen-bond donors (Lipinski definition) is 2. The number of hydrogen-bond acceptors (Lipinski definition) is 3. The summed E-state index contributed by atoms with van der Waals surface area (Å²) >= 11 is 0. The third-order valence-corrected chi connectivity index (χ3v) is 3.66. The smallest absolute Gasteiger partial charge is 0.321 e. The van der Waals surface area contributed by atoms with Crippen molar-refractivity contribution in [1.29, 1.82) is 0 Å². The lowest BCUT2D eigenvalue weighted by molar-refractivity contribution is -0.121. The third-order valence-electron chi connectivity index (χ3n) is 3.66. The SMILES string of the molecule is C=CCNC(=O)NC(=O)CN(C)C1CCC(C)CC1. The van der Waals surface area contributed by atoms with E-state index in [1.165, 1.54) is 12.8 Å². The third kappa shape index (κ3) is 5.87. The van der Waals surface area contributed by atoms with Gasteiger partial charge in [0.1, 0.15) is 0 Å². The number of nitrogens with one attached hydrogen (secondary N) is 2. The minimum Gasteiger partial charge on any atom is -0.334 e. The number of carbonyl (C=O) groups is 2. The lowest BCUT2D eigenvalue weighted by Gasteiger charge is -2.33. The van der Waals surface area contributed by atoms with E-state index in [1.807, 2.05) is 11.9 Å². The maximum absolute atomic E-state index is 11.7. The van der Waals surface area contributed by atoms with Gasteiger partial charge in [0.25, 0.3) is 0 Å². The second-order valence-corrected chi connectivity index (χ2v) is 5.38. The molecule has 0 aromatic carbocycles. The topological polar surface area (TPSA) is 61.4 Å². The fourth-order valence-corrected chi connectivity index (χ4v) is 2.41. The van der Waals surface area contributed by atoms with E-state index in [1.54, 1.807) is 6.08 Å². The van der Waals surface area contributed by atoms with Gasteiger partial charge in [-0.2, -0.15) is 0 Å². The summed E-state index contributed by atoms with van der Waals surface area (Å²) in [6.07, 6.45) is 6.27. The van der Waals surface area contributed by atoms with Crippen LogP contribution in [0.3, 0.4) is 0 Å². The molecule has 0 heterocycles. The largest absolute Gasteiger partial charge is 0.334 e. The Bertz CT molecular complexity index is 323. The highest BCUT2D eigenvalue weighted by atomic mass is 16.2. The molecule has 19 heavy (non-hydrogen) atoms. The molecule has 108 valence electrons. The number of amides is 3.